The summed E-state index contributed by atoms with van der Waals surface area (Å²) in [5, 5.41) is 3.32. The van der Waals surface area contributed by atoms with Gasteiger partial charge in [0.15, 0.2) is 5.96 Å². The Morgan fingerprint density at radius 1 is 1.42 bits per heavy atom. The topological polar surface area (TPSA) is 62.9 Å². The first-order valence-corrected chi connectivity index (χ1v) is 7.66. The van der Waals surface area contributed by atoms with Crippen molar-refractivity contribution in [2.75, 3.05) is 39.4 Å². The van der Waals surface area contributed by atoms with Crippen LogP contribution in [-0.2, 0) is 4.74 Å². The number of nitrogens with two attached hydrogens (primary N) is 1. The standard InChI is InChI=1S/C14H28N4O/c1-2-4-12-11-13(12)17-14(15)16-5-3-6-18-7-9-19-10-8-18/h12-13H,2-11H2,1H3,(H3,15,16,17). The van der Waals surface area contributed by atoms with E-state index in [0.29, 0.717) is 12.0 Å². The van der Waals surface area contributed by atoms with Gasteiger partial charge in [0.05, 0.1) is 13.2 Å². The van der Waals surface area contributed by atoms with Crippen LogP contribution in [0.25, 0.3) is 0 Å². The molecule has 110 valence electrons. The lowest BCUT2D eigenvalue weighted by molar-refractivity contribution is 0.0377. The van der Waals surface area contributed by atoms with E-state index in [1.54, 1.807) is 0 Å². The lowest BCUT2D eigenvalue weighted by atomic mass is 10.2. The number of hydrogen-bond acceptors (Lipinski definition) is 3. The van der Waals surface area contributed by atoms with E-state index in [2.05, 4.69) is 22.1 Å². The van der Waals surface area contributed by atoms with E-state index in [0.717, 1.165) is 51.7 Å². The van der Waals surface area contributed by atoms with Crippen LogP contribution >= 0.6 is 0 Å². The van der Waals surface area contributed by atoms with Crippen molar-refractivity contribution >= 4 is 5.96 Å². The van der Waals surface area contributed by atoms with Crippen molar-refractivity contribution in [3.8, 4) is 0 Å². The molecule has 0 aromatic carbocycles. The molecule has 5 nitrogen and oxygen atoms in total. The van der Waals surface area contributed by atoms with Crippen LogP contribution in [0.3, 0.4) is 0 Å². The number of nitrogens with zero attached hydrogens (tertiary/aromatic N) is 2. The molecule has 1 saturated heterocycles. The minimum atomic E-state index is 0.586. The fourth-order valence-electron chi connectivity index (χ4n) is 2.67. The van der Waals surface area contributed by atoms with Crippen molar-refractivity contribution in [1.29, 1.82) is 0 Å². The minimum Gasteiger partial charge on any atom is -0.379 e. The molecular weight excluding hydrogens is 240 g/mol. The molecule has 1 aliphatic carbocycles. The Labute approximate surface area is 116 Å². The minimum absolute atomic E-state index is 0.586. The molecule has 2 aliphatic rings. The van der Waals surface area contributed by atoms with E-state index < -0.39 is 0 Å². The normalized spacial score (nSPS) is 28.4. The summed E-state index contributed by atoms with van der Waals surface area (Å²) in [7, 11) is 0. The zero-order valence-corrected chi connectivity index (χ0v) is 12.1. The molecule has 0 spiro atoms. The number of ether oxygens (including phenoxy) is 1. The molecule has 2 rings (SSSR count). The van der Waals surface area contributed by atoms with E-state index in [9.17, 15) is 0 Å². The molecule has 2 fully saturated rings. The van der Waals surface area contributed by atoms with Gasteiger partial charge in [-0.15, -0.1) is 0 Å². The molecule has 0 radical (unpaired) electrons. The molecule has 0 aromatic heterocycles. The summed E-state index contributed by atoms with van der Waals surface area (Å²) in [5.74, 6) is 1.46. The molecule has 3 N–H and O–H groups in total. The highest BCUT2D eigenvalue weighted by molar-refractivity contribution is 5.78. The molecular formula is C14H28N4O. The van der Waals surface area contributed by atoms with Gasteiger partial charge in [-0.2, -0.15) is 0 Å². The van der Waals surface area contributed by atoms with Crippen LogP contribution < -0.4 is 11.1 Å². The third-order valence-electron chi connectivity index (χ3n) is 3.93. The Balaban J connectivity index is 1.52. The number of hydrogen-bond donors (Lipinski definition) is 2. The quantitative estimate of drug-likeness (QED) is 0.407. The van der Waals surface area contributed by atoms with Gasteiger partial charge < -0.3 is 15.8 Å². The van der Waals surface area contributed by atoms with Gasteiger partial charge in [-0.3, -0.25) is 9.89 Å². The second-order valence-electron chi connectivity index (χ2n) is 5.61. The summed E-state index contributed by atoms with van der Waals surface area (Å²) in [5.41, 5.74) is 5.90. The Kier molecular flexibility index (Phi) is 5.92. The Morgan fingerprint density at radius 3 is 2.95 bits per heavy atom. The number of nitrogens with one attached hydrogen (secondary N) is 1. The van der Waals surface area contributed by atoms with Gasteiger partial charge in [-0.1, -0.05) is 13.3 Å². The Morgan fingerprint density at radius 2 is 2.21 bits per heavy atom. The van der Waals surface area contributed by atoms with Crippen LogP contribution in [0, 0.1) is 5.92 Å². The fourth-order valence-corrected chi connectivity index (χ4v) is 2.67. The smallest absolute Gasteiger partial charge is 0.188 e. The number of guanidine groups is 1. The second-order valence-corrected chi connectivity index (χ2v) is 5.61. The van der Waals surface area contributed by atoms with Gasteiger partial charge in [-0.25, -0.2) is 0 Å². The first kappa shape index (κ1) is 14.6. The predicted octanol–water partition coefficient (Wildman–Crippen LogP) is 0.802. The zero-order chi connectivity index (χ0) is 13.5. The highest BCUT2D eigenvalue weighted by Crippen LogP contribution is 2.34. The lowest BCUT2D eigenvalue weighted by Gasteiger charge is -2.26. The van der Waals surface area contributed by atoms with Gasteiger partial charge in [0.25, 0.3) is 0 Å². The SMILES string of the molecule is CCCC1CC1NC(N)=NCCCN1CCOCC1. The zero-order valence-electron chi connectivity index (χ0n) is 12.1. The summed E-state index contributed by atoms with van der Waals surface area (Å²) in [6.07, 6.45) is 4.91. The molecule has 0 bridgehead atoms. The van der Waals surface area contributed by atoms with Crippen LogP contribution in [0.1, 0.15) is 32.6 Å². The average Bonchev–Trinajstić information content (AvgIpc) is 3.14. The third kappa shape index (κ3) is 5.37. The Hall–Kier alpha value is -0.810. The highest BCUT2D eigenvalue weighted by Gasteiger charge is 2.36. The van der Waals surface area contributed by atoms with Crippen molar-refractivity contribution in [1.82, 2.24) is 10.2 Å². The van der Waals surface area contributed by atoms with E-state index in [4.69, 9.17) is 10.5 Å². The van der Waals surface area contributed by atoms with Crippen molar-refractivity contribution < 1.29 is 4.74 Å². The van der Waals surface area contributed by atoms with Gasteiger partial charge in [-0.05, 0) is 25.2 Å². The molecule has 5 heteroatoms. The van der Waals surface area contributed by atoms with Crippen LogP contribution in [0.4, 0.5) is 0 Å². The van der Waals surface area contributed by atoms with Gasteiger partial charge in [0, 0.05) is 32.2 Å². The first-order valence-electron chi connectivity index (χ1n) is 7.66. The largest absolute Gasteiger partial charge is 0.379 e. The van der Waals surface area contributed by atoms with E-state index in [-0.39, 0.29) is 0 Å². The summed E-state index contributed by atoms with van der Waals surface area (Å²) < 4.78 is 5.33. The maximum atomic E-state index is 5.90. The summed E-state index contributed by atoms with van der Waals surface area (Å²) >= 11 is 0. The average molecular weight is 268 g/mol. The number of rotatable bonds is 7. The third-order valence-corrected chi connectivity index (χ3v) is 3.93. The van der Waals surface area contributed by atoms with Gasteiger partial charge >= 0.3 is 0 Å². The molecule has 19 heavy (non-hydrogen) atoms. The van der Waals surface area contributed by atoms with E-state index >= 15 is 0 Å². The number of aliphatic imine (C=N–C) groups is 1. The van der Waals surface area contributed by atoms with Crippen LogP contribution in [0.2, 0.25) is 0 Å². The molecule has 1 saturated carbocycles. The lowest BCUT2D eigenvalue weighted by Crippen LogP contribution is -2.37. The maximum absolute atomic E-state index is 5.90. The molecule has 2 atom stereocenters. The predicted molar refractivity (Wildman–Crippen MR) is 78.3 cm³/mol. The van der Waals surface area contributed by atoms with Crippen LogP contribution in [-0.4, -0.2) is 56.3 Å². The monoisotopic (exact) mass is 268 g/mol. The van der Waals surface area contributed by atoms with Crippen LogP contribution in [0.15, 0.2) is 4.99 Å². The first-order chi connectivity index (χ1) is 9.29. The highest BCUT2D eigenvalue weighted by atomic mass is 16.5. The number of morpholine rings is 1. The van der Waals surface area contributed by atoms with Crippen molar-refractivity contribution in [2.24, 2.45) is 16.6 Å². The second kappa shape index (κ2) is 7.70. The molecule has 2 unspecified atom stereocenters. The van der Waals surface area contributed by atoms with Crippen molar-refractivity contribution in [3.63, 3.8) is 0 Å². The van der Waals surface area contributed by atoms with Gasteiger partial charge in [0.2, 0.25) is 0 Å². The van der Waals surface area contributed by atoms with Gasteiger partial charge in [0.1, 0.15) is 0 Å². The fraction of sp³-hybridized carbons (Fsp3) is 0.929. The summed E-state index contributed by atoms with van der Waals surface area (Å²) in [6.45, 7) is 8.00. The van der Waals surface area contributed by atoms with E-state index in [1.807, 2.05) is 0 Å². The molecule has 1 aliphatic heterocycles. The summed E-state index contributed by atoms with van der Waals surface area (Å²) in [4.78, 5) is 6.84. The molecule has 0 aromatic rings. The van der Waals surface area contributed by atoms with E-state index in [1.165, 1.54) is 19.3 Å². The van der Waals surface area contributed by atoms with Crippen molar-refractivity contribution in [2.45, 2.75) is 38.6 Å². The maximum Gasteiger partial charge on any atom is 0.188 e. The Bertz CT molecular complexity index is 289. The van der Waals surface area contributed by atoms with Crippen molar-refractivity contribution in [3.05, 3.63) is 0 Å². The molecule has 0 amide bonds. The summed E-state index contributed by atoms with van der Waals surface area (Å²) in [6, 6.07) is 0.586. The molecule has 1 heterocycles. The van der Waals surface area contributed by atoms with Crippen LogP contribution in [0.5, 0.6) is 0 Å².